The summed E-state index contributed by atoms with van der Waals surface area (Å²) in [6, 6.07) is 14.7. The van der Waals surface area contributed by atoms with Gasteiger partial charge in [-0.05, 0) is 0 Å². The number of fused-ring (bicyclic) bond motifs is 1. The maximum atomic E-state index is 3.06. The molecule has 5 rings (SSSR count). The predicted octanol–water partition coefficient (Wildman–Crippen LogP) is 7.79. The first-order chi connectivity index (χ1) is 14.0. The molecule has 0 aromatic heterocycles. The zero-order chi connectivity index (χ0) is 20.1. The Morgan fingerprint density at radius 3 is 1.75 bits per heavy atom. The van der Waals surface area contributed by atoms with Gasteiger partial charge in [-0.2, -0.15) is 49.3 Å². The van der Waals surface area contributed by atoms with Crippen molar-refractivity contribution < 1.29 is 23.3 Å². The summed E-state index contributed by atoms with van der Waals surface area (Å²) in [5.41, 5.74) is 0. The van der Waals surface area contributed by atoms with E-state index in [1.54, 1.807) is 0 Å². The second-order valence-corrected chi connectivity index (χ2v) is 7.01. The molecule has 0 N–H and O–H groups in total. The zero-order valence-corrected chi connectivity index (χ0v) is 20.7. The van der Waals surface area contributed by atoms with Crippen molar-refractivity contribution in [2.75, 3.05) is 0 Å². The van der Waals surface area contributed by atoms with Crippen LogP contribution in [0.1, 0.15) is 70.6 Å². The van der Waals surface area contributed by atoms with Crippen LogP contribution >= 0.6 is 0 Å². The maximum Gasteiger partial charge on any atom is -0.0809 e. The van der Waals surface area contributed by atoms with Crippen LogP contribution in [0, 0.1) is 18.9 Å². The molecular weight excluding hydrogens is 432 g/mol. The Morgan fingerprint density at radius 1 is 0.786 bits per heavy atom. The van der Waals surface area contributed by atoms with Gasteiger partial charge in [0.05, 0.1) is 0 Å². The van der Waals surface area contributed by atoms with Gasteiger partial charge in [0.2, 0.25) is 0 Å². The van der Waals surface area contributed by atoms with Crippen molar-refractivity contribution in [3.63, 3.8) is 0 Å². The molecule has 150 valence electrons. The Kier molecular flexibility index (Phi) is 17.9. The summed E-state index contributed by atoms with van der Waals surface area (Å²) in [5.74, 6) is 0. The molecule has 0 heterocycles. The van der Waals surface area contributed by atoms with Crippen molar-refractivity contribution in [2.24, 2.45) is 0 Å². The van der Waals surface area contributed by atoms with Crippen LogP contribution in [0.25, 0.3) is 10.8 Å². The van der Waals surface area contributed by atoms with Gasteiger partial charge in [0.1, 0.15) is 0 Å². The quantitative estimate of drug-likeness (QED) is 0.275. The van der Waals surface area contributed by atoms with E-state index in [2.05, 4.69) is 74.3 Å². The van der Waals surface area contributed by atoms with Gasteiger partial charge in [0, 0.05) is 0 Å². The molecule has 2 saturated carbocycles. The number of benzene rings is 1. The van der Waals surface area contributed by atoms with Crippen LogP contribution in [-0.2, 0) is 23.3 Å². The molecule has 0 unspecified atom stereocenters. The molecule has 2 aromatic carbocycles. The molecule has 2 aromatic rings. The first-order valence-electron chi connectivity index (χ1n) is 10.7. The number of allylic oxidation sites excluding steroid dienone is 4. The first-order valence-corrected chi connectivity index (χ1v) is 14.9. The summed E-state index contributed by atoms with van der Waals surface area (Å²) < 4.78 is 0. The smallest absolute Gasteiger partial charge is 0.0809 e. The molecular formula is C26H34SiZr-4. The van der Waals surface area contributed by atoms with E-state index < -0.39 is 0 Å². The van der Waals surface area contributed by atoms with E-state index in [0.717, 1.165) is 6.42 Å². The van der Waals surface area contributed by atoms with Crippen LogP contribution in [0.2, 0.25) is 0 Å². The van der Waals surface area contributed by atoms with Gasteiger partial charge in [0.15, 0.2) is 0 Å². The fraction of sp³-hybridized carbons (Fsp3) is 0.423. The van der Waals surface area contributed by atoms with Gasteiger partial charge < -0.3 is 12.8 Å². The van der Waals surface area contributed by atoms with Crippen LogP contribution in [0.4, 0.5) is 0 Å². The molecule has 0 spiro atoms. The molecule has 3 aliphatic rings. The topological polar surface area (TPSA) is 0 Å². The van der Waals surface area contributed by atoms with E-state index in [9.17, 15) is 0 Å². The maximum absolute atomic E-state index is 3.06. The van der Waals surface area contributed by atoms with Gasteiger partial charge in [-0.1, -0.05) is 44.6 Å². The third kappa shape index (κ3) is 13.6. The second-order valence-electron chi connectivity index (χ2n) is 7.01. The summed E-state index contributed by atoms with van der Waals surface area (Å²) in [5, 5.41) is 2.66. The monoisotopic (exact) mass is 464 g/mol. The predicted molar refractivity (Wildman–Crippen MR) is 122 cm³/mol. The second kappa shape index (κ2) is 19.7. The molecule has 0 atom stereocenters. The molecule has 3 aliphatic carbocycles. The molecule has 0 aliphatic heterocycles. The third-order valence-corrected chi connectivity index (χ3v) is 4.77. The molecule has 2 fully saturated rings. The molecule has 2 heteroatoms. The van der Waals surface area contributed by atoms with E-state index in [1.165, 1.54) is 98.3 Å². The van der Waals surface area contributed by atoms with E-state index in [4.69, 9.17) is 0 Å². The fourth-order valence-corrected chi connectivity index (χ4v) is 3.21. The molecule has 0 amide bonds. The standard InChI is InChI=1S/C9H7.2C6H11.C5H5.Si.Zr/c1-2-5-9-7-3-6-8(9)4-1;2*1-2-4-6-5-3-1;1-2-4-5-3-1;;/h1-7H;2*1H,2-6H2;1-3H,4H2;;/q4*-1;;. The number of hydrogen-bond acceptors (Lipinski definition) is 0. The van der Waals surface area contributed by atoms with Gasteiger partial charge in [-0.25, -0.2) is 12.2 Å². The van der Waals surface area contributed by atoms with Crippen LogP contribution in [0.3, 0.4) is 0 Å². The molecule has 2 radical (unpaired) electrons. The third-order valence-electron chi connectivity index (χ3n) is 4.77. The summed E-state index contributed by atoms with van der Waals surface area (Å²) in [6.07, 6.45) is 29.0. The van der Waals surface area contributed by atoms with E-state index in [-0.39, 0.29) is 0 Å². The average molecular weight is 466 g/mol. The first kappa shape index (κ1) is 25.4. The SMILES string of the molecule is [C-]1=CC=CC1.[CH-]1CCCCC1.[CH-]1CCCCC1.[Si]=[Zr].c1ccc2[cH-]ccc2c1. The Balaban J connectivity index is 0.000000186. The summed E-state index contributed by atoms with van der Waals surface area (Å²) in [4.78, 5) is 0. The number of hydrogen-bond donors (Lipinski definition) is 0. The zero-order valence-electron chi connectivity index (χ0n) is 17.2. The Morgan fingerprint density at radius 2 is 1.39 bits per heavy atom. The van der Waals surface area contributed by atoms with Gasteiger partial charge in [0.25, 0.3) is 0 Å². The summed E-state index contributed by atoms with van der Waals surface area (Å²) in [6.45, 7) is 3.06. The van der Waals surface area contributed by atoms with Crippen molar-refractivity contribution in [2.45, 2.75) is 70.6 Å². The van der Waals surface area contributed by atoms with Crippen molar-refractivity contribution in [1.29, 1.82) is 0 Å². The van der Waals surface area contributed by atoms with Crippen LogP contribution < -0.4 is 0 Å². The minimum Gasteiger partial charge on any atom is -0.168 e. The van der Waals surface area contributed by atoms with E-state index in [0.29, 0.717) is 0 Å². The van der Waals surface area contributed by atoms with Crippen molar-refractivity contribution in [3.05, 3.63) is 79.6 Å². The normalized spacial score (nSPS) is 16.8. The largest absolute Gasteiger partial charge is 0.168 e. The van der Waals surface area contributed by atoms with Crippen molar-refractivity contribution >= 4 is 17.7 Å². The van der Waals surface area contributed by atoms with Crippen LogP contribution in [-0.4, -0.2) is 6.88 Å². The van der Waals surface area contributed by atoms with Crippen molar-refractivity contribution in [3.8, 4) is 0 Å². The Hall–Kier alpha value is -0.590. The summed E-state index contributed by atoms with van der Waals surface area (Å²) in [7, 11) is 0. The van der Waals surface area contributed by atoms with E-state index in [1.807, 2.05) is 12.2 Å². The minimum absolute atomic E-state index is 1.01. The molecule has 0 bridgehead atoms. The van der Waals surface area contributed by atoms with Gasteiger partial charge in [-0.3, -0.25) is 6.08 Å². The summed E-state index contributed by atoms with van der Waals surface area (Å²) >= 11 is 1.36. The average Bonchev–Trinajstić information content (AvgIpc) is 3.54. The van der Waals surface area contributed by atoms with Gasteiger partial charge >= 0.3 is 30.2 Å². The molecule has 0 saturated heterocycles. The molecule has 0 nitrogen and oxygen atoms in total. The van der Waals surface area contributed by atoms with Crippen LogP contribution in [0.15, 0.2) is 60.7 Å². The Bertz CT molecular complexity index is 557. The number of rotatable bonds is 0. The van der Waals surface area contributed by atoms with Gasteiger partial charge in [-0.15, -0.1) is 36.1 Å². The van der Waals surface area contributed by atoms with E-state index >= 15 is 0 Å². The molecule has 28 heavy (non-hydrogen) atoms. The van der Waals surface area contributed by atoms with Crippen LogP contribution in [0.5, 0.6) is 0 Å². The fourth-order valence-electron chi connectivity index (χ4n) is 3.21. The Labute approximate surface area is 190 Å². The minimum atomic E-state index is 1.01. The van der Waals surface area contributed by atoms with Crippen molar-refractivity contribution in [1.82, 2.24) is 0 Å².